The Balaban J connectivity index is 1.76. The van der Waals surface area contributed by atoms with Gasteiger partial charge >= 0.3 is 0 Å². The summed E-state index contributed by atoms with van der Waals surface area (Å²) >= 11 is 0. The van der Waals surface area contributed by atoms with Crippen molar-refractivity contribution in [3.8, 4) is 0 Å². The van der Waals surface area contributed by atoms with Crippen molar-refractivity contribution in [3.63, 3.8) is 0 Å². The van der Waals surface area contributed by atoms with Gasteiger partial charge in [0.05, 0.1) is 18.3 Å². The Morgan fingerprint density at radius 3 is 1.04 bits per heavy atom. The van der Waals surface area contributed by atoms with Gasteiger partial charge in [0.15, 0.2) is 0 Å². The first-order valence-electron chi connectivity index (χ1n) is 10.9. The van der Waals surface area contributed by atoms with Crippen LogP contribution in [0.1, 0.15) is 78.6 Å². The molecule has 3 aliphatic carbocycles. The minimum Gasteiger partial charge on any atom is -0.393 e. The number of rotatable bonds is 3. The normalized spacial score (nSPS) is 50.4. The molecule has 0 aliphatic heterocycles. The zero-order chi connectivity index (χ0) is 18.1. The molecule has 0 aromatic carbocycles. The highest BCUT2D eigenvalue weighted by Crippen LogP contribution is 2.49. The lowest BCUT2D eigenvalue weighted by molar-refractivity contribution is -0.0391. The van der Waals surface area contributed by atoms with Crippen molar-refractivity contribution < 1.29 is 15.3 Å². The van der Waals surface area contributed by atoms with Crippen molar-refractivity contribution in [1.29, 1.82) is 0 Å². The first-order valence-corrected chi connectivity index (χ1v) is 10.9. The van der Waals surface area contributed by atoms with Gasteiger partial charge in [0.2, 0.25) is 0 Å². The van der Waals surface area contributed by atoms with Crippen LogP contribution in [0.5, 0.6) is 0 Å². The van der Waals surface area contributed by atoms with Gasteiger partial charge in [0.1, 0.15) is 0 Å². The third-order valence-electron chi connectivity index (χ3n) is 8.13. The highest BCUT2D eigenvalue weighted by molar-refractivity contribution is 4.93. The molecule has 3 aliphatic rings. The van der Waals surface area contributed by atoms with Crippen LogP contribution in [0.25, 0.3) is 0 Å². The van der Waals surface area contributed by atoms with E-state index in [1.54, 1.807) is 0 Å². The van der Waals surface area contributed by atoms with Gasteiger partial charge in [-0.25, -0.2) is 0 Å². The lowest BCUT2D eigenvalue weighted by Gasteiger charge is -2.48. The minimum atomic E-state index is -0.115. The Morgan fingerprint density at radius 2 is 0.800 bits per heavy atom. The summed E-state index contributed by atoms with van der Waals surface area (Å²) in [6.07, 6.45) is 9.49. The predicted octanol–water partition coefficient (Wildman–Crippen LogP) is 3.99. The maximum Gasteiger partial charge on any atom is 0.0566 e. The van der Waals surface area contributed by atoms with Gasteiger partial charge in [-0.3, -0.25) is 0 Å². The molecule has 0 aromatic heterocycles. The molecule has 3 N–H and O–H groups in total. The summed E-state index contributed by atoms with van der Waals surface area (Å²) < 4.78 is 0. The van der Waals surface area contributed by atoms with Crippen LogP contribution in [0.3, 0.4) is 0 Å². The van der Waals surface area contributed by atoms with Crippen LogP contribution < -0.4 is 0 Å². The number of hydrogen-bond donors (Lipinski definition) is 3. The van der Waals surface area contributed by atoms with E-state index in [1.807, 2.05) is 0 Å². The lowest BCUT2D eigenvalue weighted by atomic mass is 9.58. The third kappa shape index (κ3) is 4.42. The summed E-state index contributed by atoms with van der Waals surface area (Å²) in [4.78, 5) is 0. The molecule has 25 heavy (non-hydrogen) atoms. The first kappa shape index (κ1) is 19.6. The molecule has 3 nitrogen and oxygen atoms in total. The Morgan fingerprint density at radius 1 is 0.520 bits per heavy atom. The van der Waals surface area contributed by atoms with Crippen molar-refractivity contribution in [2.45, 2.75) is 96.9 Å². The predicted molar refractivity (Wildman–Crippen MR) is 101 cm³/mol. The van der Waals surface area contributed by atoms with Gasteiger partial charge in [0.25, 0.3) is 0 Å². The topological polar surface area (TPSA) is 60.7 Å². The van der Waals surface area contributed by atoms with Gasteiger partial charge in [-0.05, 0) is 99.2 Å². The summed E-state index contributed by atoms with van der Waals surface area (Å²) in [6, 6.07) is 0. The molecule has 3 rings (SSSR count). The molecular formula is C22H40O3. The molecule has 0 amide bonds. The molecule has 0 aromatic rings. The zero-order valence-corrected chi connectivity index (χ0v) is 16.5. The molecule has 9 unspecified atom stereocenters. The van der Waals surface area contributed by atoms with Crippen molar-refractivity contribution in [2.24, 2.45) is 41.4 Å². The highest BCUT2D eigenvalue weighted by atomic mass is 16.3. The second-order valence-electron chi connectivity index (χ2n) is 9.93. The summed E-state index contributed by atoms with van der Waals surface area (Å²) in [6.45, 7) is 6.65. The zero-order valence-electron chi connectivity index (χ0n) is 16.5. The summed E-state index contributed by atoms with van der Waals surface area (Å²) in [5.41, 5.74) is 0. The fraction of sp³-hybridized carbons (Fsp3) is 1.00. The van der Waals surface area contributed by atoms with Gasteiger partial charge in [-0.15, -0.1) is 0 Å². The van der Waals surface area contributed by atoms with E-state index in [-0.39, 0.29) is 18.3 Å². The quantitative estimate of drug-likeness (QED) is 0.719. The van der Waals surface area contributed by atoms with E-state index in [9.17, 15) is 15.3 Å². The monoisotopic (exact) mass is 352 g/mol. The van der Waals surface area contributed by atoms with Crippen LogP contribution >= 0.6 is 0 Å². The van der Waals surface area contributed by atoms with Crippen molar-refractivity contribution >= 4 is 0 Å². The molecular weight excluding hydrogens is 312 g/mol. The number of hydrogen-bond acceptors (Lipinski definition) is 3. The van der Waals surface area contributed by atoms with E-state index in [2.05, 4.69) is 20.8 Å². The van der Waals surface area contributed by atoms with Gasteiger partial charge in [-0.2, -0.15) is 0 Å². The standard InChI is InChI=1S/C22H40O3/c1-13-10-16(4-7-19(13)23)22(17-5-8-20(24)14(2)11-17)18-6-9-21(25)15(3)12-18/h13-25H,4-12H2,1-3H3. The smallest absolute Gasteiger partial charge is 0.0566 e. The van der Waals surface area contributed by atoms with E-state index in [0.717, 1.165) is 81.5 Å². The molecule has 0 radical (unpaired) electrons. The molecule has 0 heterocycles. The van der Waals surface area contributed by atoms with E-state index >= 15 is 0 Å². The Bertz CT molecular complexity index is 364. The van der Waals surface area contributed by atoms with Crippen LogP contribution in [-0.4, -0.2) is 33.6 Å². The largest absolute Gasteiger partial charge is 0.393 e. The molecule has 3 saturated carbocycles. The molecule has 9 atom stereocenters. The molecule has 3 fully saturated rings. The van der Waals surface area contributed by atoms with E-state index in [1.165, 1.54) is 0 Å². The SMILES string of the molecule is CC1CC(C(C2CCC(O)C(C)C2)C2CCC(O)C(C)C2)CCC1O. The molecule has 0 bridgehead atoms. The first-order chi connectivity index (χ1) is 11.9. The Hall–Kier alpha value is -0.120. The van der Waals surface area contributed by atoms with E-state index < -0.39 is 0 Å². The molecule has 0 spiro atoms. The maximum atomic E-state index is 10.2. The lowest BCUT2D eigenvalue weighted by Crippen LogP contribution is -2.42. The minimum absolute atomic E-state index is 0.115. The van der Waals surface area contributed by atoms with E-state index in [4.69, 9.17) is 0 Å². The van der Waals surface area contributed by atoms with E-state index in [0.29, 0.717) is 17.8 Å². The summed E-state index contributed by atoms with van der Waals surface area (Å²) in [7, 11) is 0. The van der Waals surface area contributed by atoms with Gasteiger partial charge < -0.3 is 15.3 Å². The van der Waals surface area contributed by atoms with Crippen LogP contribution in [0, 0.1) is 41.4 Å². The second kappa shape index (κ2) is 8.27. The van der Waals surface area contributed by atoms with Crippen LogP contribution in [0.2, 0.25) is 0 Å². The van der Waals surface area contributed by atoms with Crippen LogP contribution in [0.4, 0.5) is 0 Å². The fourth-order valence-corrected chi connectivity index (χ4v) is 6.47. The Labute approximate surface area is 154 Å². The van der Waals surface area contributed by atoms with Crippen molar-refractivity contribution in [1.82, 2.24) is 0 Å². The number of aliphatic hydroxyl groups is 3. The van der Waals surface area contributed by atoms with Gasteiger partial charge in [0, 0.05) is 0 Å². The summed E-state index contributed by atoms with van der Waals surface area (Å²) in [5, 5.41) is 30.6. The van der Waals surface area contributed by atoms with Crippen LogP contribution in [-0.2, 0) is 0 Å². The average molecular weight is 353 g/mol. The van der Waals surface area contributed by atoms with Crippen LogP contribution in [0.15, 0.2) is 0 Å². The molecule has 146 valence electrons. The summed E-state index contributed by atoms with van der Waals surface area (Å²) in [5.74, 6) is 4.13. The number of aliphatic hydroxyl groups excluding tert-OH is 3. The average Bonchev–Trinajstić information content (AvgIpc) is 2.57. The van der Waals surface area contributed by atoms with Crippen molar-refractivity contribution in [3.05, 3.63) is 0 Å². The Kier molecular flexibility index (Phi) is 6.50. The molecule has 3 heteroatoms. The maximum absolute atomic E-state index is 10.2. The fourth-order valence-electron chi connectivity index (χ4n) is 6.47. The van der Waals surface area contributed by atoms with Crippen molar-refractivity contribution in [2.75, 3.05) is 0 Å². The third-order valence-corrected chi connectivity index (χ3v) is 8.13. The van der Waals surface area contributed by atoms with Gasteiger partial charge in [-0.1, -0.05) is 20.8 Å². The molecule has 0 saturated heterocycles. The second-order valence-corrected chi connectivity index (χ2v) is 9.93. The highest BCUT2D eigenvalue weighted by Gasteiger charge is 2.43.